The number of nitrogens with one attached hydrogen (secondary N) is 2. The molecule has 0 aromatic rings. The molecule has 3 N–H and O–H groups in total. The summed E-state index contributed by atoms with van der Waals surface area (Å²) in [6.45, 7) is 4.49. The van der Waals surface area contributed by atoms with Crippen molar-refractivity contribution in [3.63, 3.8) is 0 Å². The summed E-state index contributed by atoms with van der Waals surface area (Å²) in [6.07, 6.45) is 0. The lowest BCUT2D eigenvalue weighted by Crippen LogP contribution is -2.47. The van der Waals surface area contributed by atoms with Crippen LogP contribution in [0.2, 0.25) is 0 Å². The van der Waals surface area contributed by atoms with Crippen LogP contribution in [0.4, 0.5) is 0 Å². The molecule has 0 aromatic heterocycles. The lowest BCUT2D eigenvalue weighted by molar-refractivity contribution is 0.429. The van der Waals surface area contributed by atoms with Gasteiger partial charge in [-0.25, -0.2) is 0 Å². The first-order chi connectivity index (χ1) is 5.02. The largest absolute Gasteiger partial charge is 0.295 e. The van der Waals surface area contributed by atoms with Crippen LogP contribution < -0.4 is 10.6 Å². The van der Waals surface area contributed by atoms with Crippen LogP contribution >= 0.6 is 0 Å². The molecule has 0 saturated heterocycles. The van der Waals surface area contributed by atoms with Crippen molar-refractivity contribution in [1.82, 2.24) is 10.6 Å². The molecule has 0 spiro atoms. The highest BCUT2D eigenvalue weighted by atomic mass is 32.2. The summed E-state index contributed by atoms with van der Waals surface area (Å²) >= 11 is 0. The molecule has 0 saturated carbocycles. The zero-order chi connectivity index (χ0) is 8.91. The number of rotatable bonds is 5. The molecule has 0 fully saturated rings. The van der Waals surface area contributed by atoms with Gasteiger partial charge in [-0.15, -0.1) is 0 Å². The predicted octanol–water partition coefficient (Wildman–Crippen LogP) is -0.623. The number of hydrogen-bond donors (Lipinski definition) is 3. The summed E-state index contributed by atoms with van der Waals surface area (Å²) in [5.74, 6) is 0. The van der Waals surface area contributed by atoms with E-state index in [0.717, 1.165) is 0 Å². The van der Waals surface area contributed by atoms with E-state index < -0.39 is 15.6 Å². The van der Waals surface area contributed by atoms with Crippen molar-refractivity contribution in [2.45, 2.75) is 19.3 Å². The molecule has 0 amide bonds. The molecule has 0 heterocycles. The second-order valence-electron chi connectivity index (χ2n) is 2.01. The van der Waals surface area contributed by atoms with Crippen LogP contribution in [0.25, 0.3) is 0 Å². The van der Waals surface area contributed by atoms with Crippen LogP contribution in [0.3, 0.4) is 0 Å². The standard InChI is InChI=1S/C5H14N2O3S/c1-3-6-5(7-4-2)11(8,9)10/h5-7H,3-4H2,1-2H3,(H,8,9,10). The Morgan fingerprint density at radius 3 is 1.82 bits per heavy atom. The van der Waals surface area contributed by atoms with E-state index in [1.165, 1.54) is 0 Å². The highest BCUT2D eigenvalue weighted by Gasteiger charge is 2.19. The fourth-order valence-corrected chi connectivity index (χ4v) is 1.41. The Kier molecular flexibility index (Phi) is 4.58. The minimum absolute atomic E-state index is 0.484. The Morgan fingerprint density at radius 2 is 1.64 bits per heavy atom. The lowest BCUT2D eigenvalue weighted by atomic mass is 10.7. The smallest absolute Gasteiger partial charge is 0.287 e. The Bertz CT molecular complexity index is 184. The van der Waals surface area contributed by atoms with Gasteiger partial charge in [0.25, 0.3) is 10.1 Å². The van der Waals surface area contributed by atoms with E-state index in [4.69, 9.17) is 4.55 Å². The molecule has 0 aromatic carbocycles. The van der Waals surface area contributed by atoms with E-state index in [-0.39, 0.29) is 0 Å². The molecule has 5 nitrogen and oxygen atoms in total. The maximum absolute atomic E-state index is 10.5. The summed E-state index contributed by atoms with van der Waals surface area (Å²) in [5.41, 5.74) is -1.04. The molecule has 6 heteroatoms. The van der Waals surface area contributed by atoms with E-state index in [0.29, 0.717) is 13.1 Å². The Morgan fingerprint density at radius 1 is 1.27 bits per heavy atom. The van der Waals surface area contributed by atoms with Crippen molar-refractivity contribution >= 4 is 10.1 Å². The molecule has 0 unspecified atom stereocenters. The Balaban J connectivity index is 4.11. The maximum Gasteiger partial charge on any atom is 0.295 e. The van der Waals surface area contributed by atoms with Gasteiger partial charge in [-0.1, -0.05) is 13.8 Å². The van der Waals surface area contributed by atoms with E-state index in [1.54, 1.807) is 13.8 Å². The minimum atomic E-state index is -4.01. The van der Waals surface area contributed by atoms with Gasteiger partial charge in [-0.3, -0.25) is 15.2 Å². The highest BCUT2D eigenvalue weighted by Crippen LogP contribution is 1.88. The predicted molar refractivity (Wildman–Crippen MR) is 42.7 cm³/mol. The van der Waals surface area contributed by atoms with Gasteiger partial charge in [-0.2, -0.15) is 8.42 Å². The molecular weight excluding hydrogens is 168 g/mol. The van der Waals surface area contributed by atoms with Crippen LogP contribution in [0.5, 0.6) is 0 Å². The van der Waals surface area contributed by atoms with Crippen molar-refractivity contribution in [3.05, 3.63) is 0 Å². The van der Waals surface area contributed by atoms with Crippen molar-refractivity contribution in [3.8, 4) is 0 Å². The molecule has 11 heavy (non-hydrogen) atoms. The van der Waals surface area contributed by atoms with E-state index in [2.05, 4.69) is 10.6 Å². The fraction of sp³-hybridized carbons (Fsp3) is 1.00. The molecule has 0 aliphatic heterocycles. The first-order valence-corrected chi connectivity index (χ1v) is 4.95. The number of hydrogen-bond acceptors (Lipinski definition) is 4. The van der Waals surface area contributed by atoms with Crippen LogP contribution in [0.15, 0.2) is 0 Å². The third kappa shape index (κ3) is 4.31. The quantitative estimate of drug-likeness (QED) is 0.390. The second-order valence-corrected chi connectivity index (χ2v) is 3.51. The molecule has 0 rings (SSSR count). The molecule has 68 valence electrons. The average Bonchev–Trinajstić information content (AvgIpc) is 1.85. The van der Waals surface area contributed by atoms with Crippen molar-refractivity contribution < 1.29 is 13.0 Å². The Labute approximate surface area is 66.9 Å². The maximum atomic E-state index is 10.5. The molecule has 0 bridgehead atoms. The first-order valence-electron chi connectivity index (χ1n) is 3.45. The van der Waals surface area contributed by atoms with Crippen LogP contribution in [0, 0.1) is 0 Å². The van der Waals surface area contributed by atoms with E-state index in [9.17, 15) is 8.42 Å². The van der Waals surface area contributed by atoms with Gasteiger partial charge >= 0.3 is 0 Å². The second kappa shape index (κ2) is 4.66. The van der Waals surface area contributed by atoms with Gasteiger partial charge in [0.1, 0.15) is 0 Å². The normalized spacial score (nSPS) is 12.4. The van der Waals surface area contributed by atoms with Gasteiger partial charge in [0.2, 0.25) is 0 Å². The van der Waals surface area contributed by atoms with Gasteiger partial charge in [0.15, 0.2) is 5.50 Å². The third-order valence-electron chi connectivity index (χ3n) is 1.08. The third-order valence-corrected chi connectivity index (χ3v) is 2.01. The van der Waals surface area contributed by atoms with Crippen LogP contribution in [-0.2, 0) is 10.1 Å². The van der Waals surface area contributed by atoms with Gasteiger partial charge < -0.3 is 0 Å². The van der Waals surface area contributed by atoms with Crippen molar-refractivity contribution in [1.29, 1.82) is 0 Å². The Hall–Kier alpha value is -0.170. The molecular formula is C5H14N2O3S. The van der Waals surface area contributed by atoms with Crippen LogP contribution in [0.1, 0.15) is 13.8 Å². The van der Waals surface area contributed by atoms with Gasteiger partial charge in [0, 0.05) is 0 Å². The van der Waals surface area contributed by atoms with Gasteiger partial charge in [0.05, 0.1) is 0 Å². The summed E-state index contributed by atoms with van der Waals surface area (Å²) in [5, 5.41) is 5.15. The summed E-state index contributed by atoms with van der Waals surface area (Å²) in [4.78, 5) is 0. The summed E-state index contributed by atoms with van der Waals surface area (Å²) in [7, 11) is -4.01. The van der Waals surface area contributed by atoms with Crippen molar-refractivity contribution in [2.24, 2.45) is 0 Å². The summed E-state index contributed by atoms with van der Waals surface area (Å²) in [6, 6.07) is 0. The van der Waals surface area contributed by atoms with E-state index in [1.807, 2.05) is 0 Å². The zero-order valence-corrected chi connectivity index (χ0v) is 7.48. The average molecular weight is 182 g/mol. The zero-order valence-electron chi connectivity index (χ0n) is 6.66. The molecule has 0 aliphatic rings. The minimum Gasteiger partial charge on any atom is -0.287 e. The van der Waals surface area contributed by atoms with E-state index >= 15 is 0 Å². The van der Waals surface area contributed by atoms with Crippen LogP contribution in [-0.4, -0.2) is 31.6 Å². The molecule has 0 radical (unpaired) electrons. The lowest BCUT2D eigenvalue weighted by Gasteiger charge is -2.14. The molecule has 0 atom stereocenters. The summed E-state index contributed by atoms with van der Waals surface area (Å²) < 4.78 is 29.7. The highest BCUT2D eigenvalue weighted by molar-refractivity contribution is 7.86. The van der Waals surface area contributed by atoms with Gasteiger partial charge in [-0.05, 0) is 13.1 Å². The monoisotopic (exact) mass is 182 g/mol. The topological polar surface area (TPSA) is 78.4 Å². The van der Waals surface area contributed by atoms with Crippen molar-refractivity contribution in [2.75, 3.05) is 13.1 Å². The molecule has 0 aliphatic carbocycles. The SMILES string of the molecule is CCNC(NCC)S(=O)(=O)O. The fourth-order valence-electron chi connectivity index (χ4n) is 0.654. The first kappa shape index (κ1) is 10.8.